The molecule has 0 unspecified atom stereocenters. The van der Waals surface area contributed by atoms with Gasteiger partial charge < -0.3 is 15.2 Å². The molecule has 0 amide bonds. The minimum Gasteiger partial charge on any atom is -0.480 e. The number of hydrogen-bond donors (Lipinski definition) is 2. The highest BCUT2D eigenvalue weighted by molar-refractivity contribution is 7.12. The van der Waals surface area contributed by atoms with Crippen LogP contribution in [0.15, 0.2) is 17.5 Å². The Morgan fingerprint density at radius 2 is 2.39 bits per heavy atom. The van der Waals surface area contributed by atoms with Crippen LogP contribution in [0.4, 0.5) is 0 Å². The summed E-state index contributed by atoms with van der Waals surface area (Å²) >= 11 is 2.61. The minimum absolute atomic E-state index is 0.393. The Balaban J connectivity index is 1.88. The van der Waals surface area contributed by atoms with E-state index in [2.05, 4.69) is 9.69 Å². The van der Waals surface area contributed by atoms with Crippen LogP contribution in [0.1, 0.15) is 20.1 Å². The monoisotopic (exact) mass is 284 g/mol. The smallest absolute Gasteiger partial charge is 0.346 e. The fourth-order valence-electron chi connectivity index (χ4n) is 1.46. The third-order valence-corrected chi connectivity index (χ3v) is 4.01. The molecule has 0 radical (unpaired) electrons. The topological polar surface area (TPSA) is 71.5 Å². The van der Waals surface area contributed by atoms with Crippen LogP contribution in [0.3, 0.4) is 0 Å². The lowest BCUT2D eigenvalue weighted by atomic mass is 10.2. The van der Waals surface area contributed by atoms with E-state index in [0.717, 1.165) is 10.4 Å². The number of carboxylic acids is 1. The number of hydrogen-bond acceptors (Lipinski definition) is 6. The average Bonchev–Trinajstić information content (AvgIpc) is 2.97. The number of nitrogens with one attached hydrogen (secondary N) is 1. The van der Waals surface area contributed by atoms with E-state index in [-0.39, 0.29) is 0 Å². The van der Waals surface area contributed by atoms with Crippen LogP contribution in [0.2, 0.25) is 0 Å². The molecule has 2 N–H and O–H groups in total. The van der Waals surface area contributed by atoms with E-state index in [4.69, 9.17) is 9.84 Å². The van der Waals surface area contributed by atoms with Crippen molar-refractivity contribution in [3.8, 4) is 5.88 Å². The highest BCUT2D eigenvalue weighted by atomic mass is 32.1. The highest BCUT2D eigenvalue weighted by Crippen LogP contribution is 2.18. The molecule has 0 saturated heterocycles. The fraction of sp³-hybridized carbons (Fsp3) is 0.273. The summed E-state index contributed by atoms with van der Waals surface area (Å²) in [7, 11) is 1.58. The molecular weight excluding hydrogens is 272 g/mol. The number of carboxylic acid groups (broad SMARTS) is 1. The molecule has 7 heteroatoms. The van der Waals surface area contributed by atoms with Gasteiger partial charge in [0, 0.05) is 24.0 Å². The molecule has 2 aromatic heterocycles. The Kier molecular flexibility index (Phi) is 4.29. The Bertz CT molecular complexity index is 536. The first-order valence-electron chi connectivity index (χ1n) is 5.20. The van der Waals surface area contributed by atoms with E-state index in [1.807, 2.05) is 12.1 Å². The molecule has 2 rings (SSSR count). The minimum atomic E-state index is -0.874. The van der Waals surface area contributed by atoms with Gasteiger partial charge in [-0.1, -0.05) is 0 Å². The van der Waals surface area contributed by atoms with Gasteiger partial charge in [0.15, 0.2) is 0 Å². The van der Waals surface area contributed by atoms with E-state index in [1.165, 1.54) is 22.9 Å². The van der Waals surface area contributed by atoms with Gasteiger partial charge in [-0.3, -0.25) is 0 Å². The lowest BCUT2D eigenvalue weighted by Gasteiger charge is -2.02. The summed E-state index contributed by atoms with van der Waals surface area (Å²) in [6.45, 7) is 1.18. The van der Waals surface area contributed by atoms with Gasteiger partial charge in [-0.25, -0.2) is 4.79 Å². The second-order valence-corrected chi connectivity index (χ2v) is 5.32. The number of ether oxygens (including phenoxy) is 1. The zero-order valence-electron chi connectivity index (χ0n) is 9.67. The number of nitrogens with zero attached hydrogens (tertiary/aromatic N) is 1. The van der Waals surface area contributed by atoms with Crippen molar-refractivity contribution in [2.45, 2.75) is 13.1 Å². The van der Waals surface area contributed by atoms with Gasteiger partial charge in [0.05, 0.1) is 7.11 Å². The summed E-state index contributed by atoms with van der Waals surface area (Å²) in [6, 6.07) is 3.69. The van der Waals surface area contributed by atoms with Gasteiger partial charge in [0.25, 0.3) is 0 Å². The molecule has 96 valence electrons. The normalized spacial score (nSPS) is 10.5. The summed E-state index contributed by atoms with van der Waals surface area (Å²) in [5.74, 6) is -0.264. The third kappa shape index (κ3) is 3.06. The third-order valence-electron chi connectivity index (χ3n) is 2.30. The summed E-state index contributed by atoms with van der Waals surface area (Å²) in [5.41, 5.74) is 0.809. The Morgan fingerprint density at radius 1 is 1.56 bits per heavy atom. The van der Waals surface area contributed by atoms with Crippen LogP contribution in [-0.4, -0.2) is 22.6 Å². The predicted molar refractivity (Wildman–Crippen MR) is 70.5 cm³/mol. The van der Waals surface area contributed by atoms with Crippen LogP contribution >= 0.6 is 22.9 Å². The standard InChI is InChI=1S/C11H12N2O3S2/c1-16-9-4-8(18-13-9)6-12-5-7-2-3-17-10(7)11(14)15/h2-4,12H,5-6H2,1H3,(H,14,15). The van der Waals surface area contributed by atoms with Gasteiger partial charge in [-0.2, -0.15) is 4.37 Å². The van der Waals surface area contributed by atoms with Gasteiger partial charge in [-0.15, -0.1) is 11.3 Å². The lowest BCUT2D eigenvalue weighted by molar-refractivity contribution is 0.0701. The number of aromatic carboxylic acids is 1. The van der Waals surface area contributed by atoms with Crippen LogP contribution < -0.4 is 10.1 Å². The lowest BCUT2D eigenvalue weighted by Crippen LogP contribution is -2.13. The summed E-state index contributed by atoms with van der Waals surface area (Å²) in [6.07, 6.45) is 0. The number of rotatable bonds is 6. The van der Waals surface area contributed by atoms with Crippen molar-refractivity contribution in [3.05, 3.63) is 32.8 Å². The number of aromatic nitrogens is 1. The summed E-state index contributed by atoms with van der Waals surface area (Å²) in [5, 5.41) is 13.9. The van der Waals surface area contributed by atoms with Gasteiger partial charge >= 0.3 is 5.97 Å². The van der Waals surface area contributed by atoms with Crippen LogP contribution in [0.25, 0.3) is 0 Å². The predicted octanol–water partition coefficient (Wildman–Crippen LogP) is 2.20. The molecule has 0 aliphatic carbocycles. The average molecular weight is 284 g/mol. The highest BCUT2D eigenvalue weighted by Gasteiger charge is 2.11. The number of carbonyl (C=O) groups is 1. The SMILES string of the molecule is COc1cc(CNCc2ccsc2C(=O)O)sn1. The van der Waals surface area contributed by atoms with Crippen molar-refractivity contribution >= 4 is 28.8 Å². The second kappa shape index (κ2) is 5.94. The molecule has 2 heterocycles. The van der Waals surface area contributed by atoms with E-state index in [9.17, 15) is 4.79 Å². The van der Waals surface area contributed by atoms with Crippen LogP contribution in [-0.2, 0) is 13.1 Å². The van der Waals surface area contributed by atoms with Crippen molar-refractivity contribution in [2.24, 2.45) is 0 Å². The Morgan fingerprint density at radius 3 is 3.06 bits per heavy atom. The van der Waals surface area contributed by atoms with Crippen molar-refractivity contribution in [2.75, 3.05) is 7.11 Å². The maximum absolute atomic E-state index is 10.9. The number of methoxy groups -OCH3 is 1. The van der Waals surface area contributed by atoms with Crippen LogP contribution in [0, 0.1) is 0 Å². The van der Waals surface area contributed by atoms with Crippen molar-refractivity contribution in [1.29, 1.82) is 0 Å². The molecule has 0 saturated carbocycles. The maximum atomic E-state index is 10.9. The Labute approximate surface area is 112 Å². The first kappa shape index (κ1) is 13.0. The van der Waals surface area contributed by atoms with Crippen molar-refractivity contribution in [1.82, 2.24) is 9.69 Å². The second-order valence-electron chi connectivity index (χ2n) is 3.52. The molecular formula is C11H12N2O3S2. The van der Waals surface area contributed by atoms with E-state index < -0.39 is 5.97 Å². The van der Waals surface area contributed by atoms with Gasteiger partial charge in [0.2, 0.25) is 5.88 Å². The molecule has 0 aliphatic rings. The molecule has 0 fully saturated rings. The first-order chi connectivity index (χ1) is 8.70. The maximum Gasteiger partial charge on any atom is 0.346 e. The molecule has 18 heavy (non-hydrogen) atoms. The van der Waals surface area contributed by atoms with E-state index in [1.54, 1.807) is 12.5 Å². The van der Waals surface area contributed by atoms with E-state index >= 15 is 0 Å². The molecule has 0 bridgehead atoms. The van der Waals surface area contributed by atoms with Crippen molar-refractivity contribution < 1.29 is 14.6 Å². The molecule has 0 atom stereocenters. The molecule has 0 aromatic carbocycles. The molecule has 0 aliphatic heterocycles. The largest absolute Gasteiger partial charge is 0.480 e. The molecule has 5 nitrogen and oxygen atoms in total. The zero-order chi connectivity index (χ0) is 13.0. The van der Waals surface area contributed by atoms with E-state index in [0.29, 0.717) is 23.8 Å². The van der Waals surface area contributed by atoms with Crippen LogP contribution in [0.5, 0.6) is 5.88 Å². The first-order valence-corrected chi connectivity index (χ1v) is 6.86. The summed E-state index contributed by atoms with van der Waals surface area (Å²) in [4.78, 5) is 12.4. The Hall–Kier alpha value is -1.44. The quantitative estimate of drug-likeness (QED) is 0.851. The summed E-state index contributed by atoms with van der Waals surface area (Å²) < 4.78 is 9.08. The molecule has 2 aromatic rings. The van der Waals surface area contributed by atoms with Gasteiger partial charge in [-0.05, 0) is 28.5 Å². The number of thiophene rings is 1. The zero-order valence-corrected chi connectivity index (χ0v) is 11.3. The fourth-order valence-corrected chi connectivity index (χ4v) is 2.87. The molecule has 0 spiro atoms. The van der Waals surface area contributed by atoms with Gasteiger partial charge in [0.1, 0.15) is 4.88 Å². The van der Waals surface area contributed by atoms with Crippen molar-refractivity contribution in [3.63, 3.8) is 0 Å².